The fraction of sp³-hybridized carbons (Fsp3) is 0.471. The zero-order valence-corrected chi connectivity index (χ0v) is 13.0. The smallest absolute Gasteiger partial charge is 0.326 e. The molecule has 5 nitrogen and oxygen atoms in total. The van der Waals surface area contributed by atoms with Crippen molar-refractivity contribution in [3.05, 3.63) is 35.9 Å². The van der Waals surface area contributed by atoms with Crippen LogP contribution in [-0.4, -0.2) is 28.8 Å². The van der Waals surface area contributed by atoms with Crippen molar-refractivity contribution in [1.29, 1.82) is 0 Å². The second-order valence-corrected chi connectivity index (χ2v) is 5.41. The van der Waals surface area contributed by atoms with Gasteiger partial charge in [-0.1, -0.05) is 50.6 Å². The Morgan fingerprint density at radius 1 is 1.14 bits per heavy atom. The number of carboxylic acid groups (broad SMARTS) is 1. The first-order valence-corrected chi connectivity index (χ1v) is 7.56. The summed E-state index contributed by atoms with van der Waals surface area (Å²) in [4.78, 5) is 34.8. The number of hydrogen-bond acceptors (Lipinski definition) is 3. The SMILES string of the molecule is CCC(C)C(NC(=O)CCCC(=O)c1ccccc1)C(=O)O. The van der Waals surface area contributed by atoms with Crippen molar-refractivity contribution < 1.29 is 19.5 Å². The molecular formula is C17H23NO4. The third-order valence-corrected chi connectivity index (χ3v) is 3.70. The van der Waals surface area contributed by atoms with Gasteiger partial charge in [-0.25, -0.2) is 4.79 Å². The van der Waals surface area contributed by atoms with Crippen molar-refractivity contribution in [2.24, 2.45) is 5.92 Å². The van der Waals surface area contributed by atoms with Crippen LogP contribution in [-0.2, 0) is 9.59 Å². The number of carboxylic acids is 1. The van der Waals surface area contributed by atoms with Crippen LogP contribution in [0.2, 0.25) is 0 Å². The van der Waals surface area contributed by atoms with E-state index in [9.17, 15) is 14.4 Å². The lowest BCUT2D eigenvalue weighted by Crippen LogP contribution is -2.44. The van der Waals surface area contributed by atoms with Crippen molar-refractivity contribution in [3.63, 3.8) is 0 Å². The predicted octanol–water partition coefficient (Wildman–Crippen LogP) is 2.66. The molecule has 2 atom stereocenters. The molecule has 1 aromatic rings. The van der Waals surface area contributed by atoms with Gasteiger partial charge in [0.15, 0.2) is 5.78 Å². The summed E-state index contributed by atoms with van der Waals surface area (Å²) < 4.78 is 0. The van der Waals surface area contributed by atoms with E-state index in [1.807, 2.05) is 13.0 Å². The molecular weight excluding hydrogens is 282 g/mol. The van der Waals surface area contributed by atoms with Crippen molar-refractivity contribution in [1.82, 2.24) is 5.32 Å². The molecule has 0 fully saturated rings. The Balaban J connectivity index is 2.39. The van der Waals surface area contributed by atoms with E-state index in [1.165, 1.54) is 0 Å². The van der Waals surface area contributed by atoms with E-state index in [-0.39, 0.29) is 30.4 Å². The Labute approximate surface area is 130 Å². The van der Waals surface area contributed by atoms with Crippen LogP contribution in [0.1, 0.15) is 49.9 Å². The lowest BCUT2D eigenvalue weighted by Gasteiger charge is -2.20. The standard InChI is InChI=1S/C17H23NO4/c1-3-12(2)16(17(21)22)18-15(20)11-7-10-14(19)13-8-5-4-6-9-13/h4-6,8-9,12,16H,3,7,10-11H2,1-2H3,(H,18,20)(H,21,22). The number of carbonyl (C=O) groups is 3. The summed E-state index contributed by atoms with van der Waals surface area (Å²) in [6.45, 7) is 3.67. The molecule has 2 N–H and O–H groups in total. The van der Waals surface area contributed by atoms with Crippen LogP contribution in [0.15, 0.2) is 30.3 Å². The summed E-state index contributed by atoms with van der Waals surface area (Å²) in [7, 11) is 0. The zero-order chi connectivity index (χ0) is 16.5. The van der Waals surface area contributed by atoms with E-state index in [0.717, 1.165) is 0 Å². The number of ketones is 1. The van der Waals surface area contributed by atoms with Crippen LogP contribution in [0.3, 0.4) is 0 Å². The maximum Gasteiger partial charge on any atom is 0.326 e. The van der Waals surface area contributed by atoms with Crippen molar-refractivity contribution in [2.75, 3.05) is 0 Å². The maximum atomic E-state index is 11.9. The first-order valence-electron chi connectivity index (χ1n) is 7.56. The van der Waals surface area contributed by atoms with Crippen molar-refractivity contribution >= 4 is 17.7 Å². The first kappa shape index (κ1) is 17.9. The molecule has 0 radical (unpaired) electrons. The van der Waals surface area contributed by atoms with E-state index in [4.69, 9.17) is 5.11 Å². The minimum absolute atomic E-state index is 0.00916. The zero-order valence-electron chi connectivity index (χ0n) is 13.0. The molecule has 0 saturated heterocycles. The highest BCUT2D eigenvalue weighted by molar-refractivity contribution is 5.96. The first-order chi connectivity index (χ1) is 10.5. The molecule has 0 saturated carbocycles. The third kappa shape index (κ3) is 5.68. The highest BCUT2D eigenvalue weighted by Gasteiger charge is 2.24. The number of nitrogens with one attached hydrogen (secondary N) is 1. The average molecular weight is 305 g/mol. The molecule has 5 heteroatoms. The van der Waals surface area contributed by atoms with Gasteiger partial charge in [0, 0.05) is 18.4 Å². The molecule has 1 aromatic carbocycles. The Bertz CT molecular complexity index is 513. The van der Waals surface area contributed by atoms with Crippen LogP contribution < -0.4 is 5.32 Å². The topological polar surface area (TPSA) is 83.5 Å². The maximum absolute atomic E-state index is 11.9. The molecule has 0 aliphatic rings. The van der Waals surface area contributed by atoms with E-state index < -0.39 is 12.0 Å². The minimum Gasteiger partial charge on any atom is -0.480 e. The number of rotatable bonds is 9. The van der Waals surface area contributed by atoms with Crippen LogP contribution >= 0.6 is 0 Å². The van der Waals surface area contributed by atoms with Crippen LogP contribution in [0, 0.1) is 5.92 Å². The Kier molecular flexibility index (Phi) is 7.29. The largest absolute Gasteiger partial charge is 0.480 e. The molecule has 1 amide bonds. The molecule has 22 heavy (non-hydrogen) atoms. The lowest BCUT2D eigenvalue weighted by molar-refractivity contribution is -0.143. The van der Waals surface area contributed by atoms with Gasteiger partial charge in [-0.05, 0) is 12.3 Å². The molecule has 0 bridgehead atoms. The number of amides is 1. The summed E-state index contributed by atoms with van der Waals surface area (Å²) in [5, 5.41) is 11.6. The summed E-state index contributed by atoms with van der Waals surface area (Å²) in [5.74, 6) is -1.49. The Hall–Kier alpha value is -2.17. The Morgan fingerprint density at radius 3 is 2.32 bits per heavy atom. The molecule has 0 heterocycles. The highest BCUT2D eigenvalue weighted by Crippen LogP contribution is 2.10. The summed E-state index contributed by atoms with van der Waals surface area (Å²) >= 11 is 0. The number of hydrogen-bond donors (Lipinski definition) is 2. The summed E-state index contributed by atoms with van der Waals surface area (Å²) in [6, 6.07) is 8.04. The summed E-state index contributed by atoms with van der Waals surface area (Å²) in [5.41, 5.74) is 0.630. The molecule has 2 unspecified atom stereocenters. The fourth-order valence-corrected chi connectivity index (χ4v) is 2.11. The highest BCUT2D eigenvalue weighted by atomic mass is 16.4. The van der Waals surface area contributed by atoms with Gasteiger partial charge in [0.05, 0.1) is 0 Å². The Morgan fingerprint density at radius 2 is 1.77 bits per heavy atom. The molecule has 0 aromatic heterocycles. The van der Waals surface area contributed by atoms with Gasteiger partial charge in [0.1, 0.15) is 6.04 Å². The van der Waals surface area contributed by atoms with Crippen molar-refractivity contribution in [3.8, 4) is 0 Å². The van der Waals surface area contributed by atoms with Gasteiger partial charge in [-0.3, -0.25) is 9.59 Å². The van der Waals surface area contributed by atoms with Gasteiger partial charge in [-0.2, -0.15) is 0 Å². The van der Waals surface area contributed by atoms with E-state index in [0.29, 0.717) is 18.4 Å². The van der Waals surface area contributed by atoms with Gasteiger partial charge in [0.2, 0.25) is 5.91 Å². The monoisotopic (exact) mass is 305 g/mol. The van der Waals surface area contributed by atoms with Crippen LogP contribution in [0.5, 0.6) is 0 Å². The van der Waals surface area contributed by atoms with Gasteiger partial charge in [0.25, 0.3) is 0 Å². The van der Waals surface area contributed by atoms with Gasteiger partial charge in [-0.15, -0.1) is 0 Å². The molecule has 120 valence electrons. The number of carbonyl (C=O) groups excluding carboxylic acids is 2. The molecule has 0 spiro atoms. The fourth-order valence-electron chi connectivity index (χ4n) is 2.11. The minimum atomic E-state index is -1.02. The quantitative estimate of drug-likeness (QED) is 0.687. The average Bonchev–Trinajstić information content (AvgIpc) is 2.52. The van der Waals surface area contributed by atoms with Gasteiger partial charge < -0.3 is 10.4 Å². The van der Waals surface area contributed by atoms with E-state index in [1.54, 1.807) is 31.2 Å². The number of aliphatic carboxylic acids is 1. The van der Waals surface area contributed by atoms with E-state index in [2.05, 4.69) is 5.32 Å². The molecule has 0 aliphatic carbocycles. The lowest BCUT2D eigenvalue weighted by atomic mass is 9.99. The number of Topliss-reactive ketones (excluding diaryl/α,β-unsaturated/α-hetero) is 1. The van der Waals surface area contributed by atoms with Crippen LogP contribution in [0.25, 0.3) is 0 Å². The normalized spacial score (nSPS) is 13.2. The van der Waals surface area contributed by atoms with E-state index >= 15 is 0 Å². The third-order valence-electron chi connectivity index (χ3n) is 3.70. The predicted molar refractivity (Wildman–Crippen MR) is 83.6 cm³/mol. The molecule has 0 aliphatic heterocycles. The number of benzene rings is 1. The second kappa shape index (κ2) is 8.97. The van der Waals surface area contributed by atoms with Crippen molar-refractivity contribution in [2.45, 2.75) is 45.6 Å². The summed E-state index contributed by atoms with van der Waals surface area (Å²) in [6.07, 6.45) is 1.51. The van der Waals surface area contributed by atoms with Crippen LogP contribution in [0.4, 0.5) is 0 Å². The molecule has 1 rings (SSSR count). The van der Waals surface area contributed by atoms with Gasteiger partial charge >= 0.3 is 5.97 Å². The second-order valence-electron chi connectivity index (χ2n) is 5.41.